The zero-order valence-corrected chi connectivity index (χ0v) is 12.3. The molecule has 0 bridgehead atoms. The van der Waals surface area contributed by atoms with Gasteiger partial charge in [0.2, 0.25) is 0 Å². The first-order valence-electron chi connectivity index (χ1n) is 6.06. The van der Waals surface area contributed by atoms with Crippen molar-refractivity contribution in [3.8, 4) is 0 Å². The number of carbonyl (C=O) groups excluding carboxylic acids is 1. The molecule has 5 heteroatoms. The summed E-state index contributed by atoms with van der Waals surface area (Å²) in [6.07, 6.45) is 0. The van der Waals surface area contributed by atoms with Crippen molar-refractivity contribution in [2.75, 3.05) is 5.32 Å². The van der Waals surface area contributed by atoms with Gasteiger partial charge in [0.05, 0.1) is 5.56 Å². The standard InChI is InChI=1S/C15H11BrN2O2/c1-9-17-13-7-6-10(8-14(13)20-9)18-15(19)11-4-2-3-5-12(11)16/h2-8H,1H3,(H,18,19). The Kier molecular flexibility index (Phi) is 3.28. The minimum atomic E-state index is -0.173. The summed E-state index contributed by atoms with van der Waals surface area (Å²) in [5, 5.41) is 2.84. The maximum Gasteiger partial charge on any atom is 0.256 e. The fourth-order valence-corrected chi connectivity index (χ4v) is 2.43. The molecule has 100 valence electrons. The summed E-state index contributed by atoms with van der Waals surface area (Å²) >= 11 is 3.36. The van der Waals surface area contributed by atoms with Gasteiger partial charge in [-0.1, -0.05) is 12.1 Å². The predicted octanol–water partition coefficient (Wildman–Crippen LogP) is 4.15. The average Bonchev–Trinajstić information content (AvgIpc) is 2.78. The van der Waals surface area contributed by atoms with Crippen LogP contribution in [-0.4, -0.2) is 10.9 Å². The largest absolute Gasteiger partial charge is 0.441 e. The topological polar surface area (TPSA) is 55.1 Å². The fourth-order valence-electron chi connectivity index (χ4n) is 1.96. The Labute approximate surface area is 123 Å². The summed E-state index contributed by atoms with van der Waals surface area (Å²) in [5.41, 5.74) is 2.70. The van der Waals surface area contributed by atoms with Crippen molar-refractivity contribution in [1.29, 1.82) is 0 Å². The van der Waals surface area contributed by atoms with Crippen molar-refractivity contribution in [2.45, 2.75) is 6.92 Å². The third-order valence-corrected chi connectivity index (χ3v) is 3.56. The Morgan fingerprint density at radius 2 is 2.05 bits per heavy atom. The molecule has 0 spiro atoms. The zero-order valence-electron chi connectivity index (χ0n) is 10.7. The summed E-state index contributed by atoms with van der Waals surface area (Å²) in [6, 6.07) is 12.7. The number of benzene rings is 2. The van der Waals surface area contributed by atoms with E-state index >= 15 is 0 Å². The highest BCUT2D eigenvalue weighted by Gasteiger charge is 2.10. The predicted molar refractivity (Wildman–Crippen MR) is 80.8 cm³/mol. The third kappa shape index (κ3) is 2.44. The van der Waals surface area contributed by atoms with Gasteiger partial charge >= 0.3 is 0 Å². The quantitative estimate of drug-likeness (QED) is 0.767. The first kappa shape index (κ1) is 12.9. The summed E-state index contributed by atoms with van der Waals surface area (Å²) in [6.45, 7) is 1.79. The molecule has 0 aliphatic rings. The number of aromatic nitrogens is 1. The molecule has 20 heavy (non-hydrogen) atoms. The molecule has 0 fully saturated rings. The van der Waals surface area contributed by atoms with Crippen LogP contribution in [-0.2, 0) is 0 Å². The first-order chi connectivity index (χ1) is 9.63. The van der Waals surface area contributed by atoms with E-state index in [1.165, 1.54) is 0 Å². The van der Waals surface area contributed by atoms with E-state index < -0.39 is 0 Å². The molecule has 1 N–H and O–H groups in total. The highest BCUT2D eigenvalue weighted by atomic mass is 79.9. The molecule has 1 amide bonds. The second kappa shape index (κ2) is 5.09. The first-order valence-corrected chi connectivity index (χ1v) is 6.86. The SMILES string of the molecule is Cc1nc2ccc(NC(=O)c3ccccc3Br)cc2o1. The van der Waals surface area contributed by atoms with Crippen LogP contribution in [0.15, 0.2) is 51.4 Å². The molecule has 0 atom stereocenters. The van der Waals surface area contributed by atoms with Crippen molar-refractivity contribution in [3.05, 3.63) is 58.4 Å². The van der Waals surface area contributed by atoms with E-state index in [4.69, 9.17) is 4.42 Å². The van der Waals surface area contributed by atoms with Crippen LogP contribution >= 0.6 is 15.9 Å². The maximum atomic E-state index is 12.2. The number of amides is 1. The van der Waals surface area contributed by atoms with Crippen LogP contribution in [0.2, 0.25) is 0 Å². The molecule has 4 nitrogen and oxygen atoms in total. The van der Waals surface area contributed by atoms with Gasteiger partial charge in [0, 0.05) is 23.2 Å². The zero-order chi connectivity index (χ0) is 14.1. The Morgan fingerprint density at radius 3 is 2.85 bits per heavy atom. The Hall–Kier alpha value is -2.14. The molecule has 3 aromatic rings. The highest BCUT2D eigenvalue weighted by Crippen LogP contribution is 2.22. The number of carbonyl (C=O) groups is 1. The van der Waals surface area contributed by atoms with Crippen LogP contribution in [0, 0.1) is 6.92 Å². The van der Waals surface area contributed by atoms with Gasteiger partial charge < -0.3 is 9.73 Å². The smallest absolute Gasteiger partial charge is 0.256 e. The number of hydrogen-bond donors (Lipinski definition) is 1. The van der Waals surface area contributed by atoms with Crippen LogP contribution in [0.1, 0.15) is 16.2 Å². The molecule has 3 rings (SSSR count). The molecule has 1 heterocycles. The van der Waals surface area contributed by atoms with Gasteiger partial charge in [0.15, 0.2) is 11.5 Å². The van der Waals surface area contributed by atoms with Crippen LogP contribution in [0.3, 0.4) is 0 Å². The lowest BCUT2D eigenvalue weighted by Gasteiger charge is -2.06. The van der Waals surface area contributed by atoms with Gasteiger partial charge in [-0.2, -0.15) is 0 Å². The monoisotopic (exact) mass is 330 g/mol. The Balaban J connectivity index is 1.89. The lowest BCUT2D eigenvalue weighted by atomic mass is 10.2. The lowest BCUT2D eigenvalue weighted by molar-refractivity contribution is 0.102. The van der Waals surface area contributed by atoms with Gasteiger partial charge in [-0.15, -0.1) is 0 Å². The van der Waals surface area contributed by atoms with Crippen LogP contribution in [0.4, 0.5) is 5.69 Å². The normalized spacial score (nSPS) is 10.7. The molecule has 0 aliphatic carbocycles. The molecule has 2 aromatic carbocycles. The van der Waals surface area contributed by atoms with E-state index in [0.29, 0.717) is 22.7 Å². The minimum absolute atomic E-state index is 0.173. The lowest BCUT2D eigenvalue weighted by Crippen LogP contribution is -2.12. The van der Waals surface area contributed by atoms with Gasteiger partial charge in [0.1, 0.15) is 5.52 Å². The van der Waals surface area contributed by atoms with Gasteiger partial charge in [-0.3, -0.25) is 4.79 Å². The second-order valence-corrected chi connectivity index (χ2v) is 5.20. The number of nitrogens with one attached hydrogen (secondary N) is 1. The molecule has 1 aromatic heterocycles. The number of fused-ring (bicyclic) bond motifs is 1. The number of nitrogens with zero attached hydrogens (tertiary/aromatic N) is 1. The molecule has 0 saturated heterocycles. The number of oxazole rings is 1. The van der Waals surface area contributed by atoms with Crippen LogP contribution in [0.25, 0.3) is 11.1 Å². The number of anilines is 1. The van der Waals surface area contributed by atoms with E-state index in [9.17, 15) is 4.79 Å². The van der Waals surface area contributed by atoms with E-state index in [0.717, 1.165) is 9.99 Å². The summed E-state index contributed by atoms with van der Waals surface area (Å²) in [4.78, 5) is 16.4. The molecular weight excluding hydrogens is 320 g/mol. The van der Waals surface area contributed by atoms with E-state index in [2.05, 4.69) is 26.2 Å². The van der Waals surface area contributed by atoms with Crippen molar-refractivity contribution < 1.29 is 9.21 Å². The van der Waals surface area contributed by atoms with Crippen LogP contribution in [0.5, 0.6) is 0 Å². The Morgan fingerprint density at radius 1 is 1.25 bits per heavy atom. The van der Waals surface area contributed by atoms with Gasteiger partial charge in [0.25, 0.3) is 5.91 Å². The second-order valence-electron chi connectivity index (χ2n) is 4.35. The fraction of sp³-hybridized carbons (Fsp3) is 0.0667. The van der Waals surface area contributed by atoms with E-state index in [1.54, 1.807) is 25.1 Å². The minimum Gasteiger partial charge on any atom is -0.441 e. The van der Waals surface area contributed by atoms with Crippen molar-refractivity contribution in [1.82, 2.24) is 4.98 Å². The van der Waals surface area contributed by atoms with Crippen molar-refractivity contribution >= 4 is 38.6 Å². The Bertz CT molecular complexity index is 795. The highest BCUT2D eigenvalue weighted by molar-refractivity contribution is 9.10. The van der Waals surface area contributed by atoms with Gasteiger partial charge in [-0.05, 0) is 40.2 Å². The molecule has 0 saturated carbocycles. The summed E-state index contributed by atoms with van der Waals surface area (Å²) in [7, 11) is 0. The number of halogens is 1. The van der Waals surface area contributed by atoms with Crippen molar-refractivity contribution in [2.24, 2.45) is 0 Å². The molecule has 0 aliphatic heterocycles. The number of aryl methyl sites for hydroxylation is 1. The summed E-state index contributed by atoms with van der Waals surface area (Å²) < 4.78 is 6.21. The van der Waals surface area contributed by atoms with Gasteiger partial charge in [-0.25, -0.2) is 4.98 Å². The van der Waals surface area contributed by atoms with E-state index in [1.807, 2.05) is 24.3 Å². The van der Waals surface area contributed by atoms with Crippen LogP contribution < -0.4 is 5.32 Å². The number of hydrogen-bond acceptors (Lipinski definition) is 3. The molecule has 0 unspecified atom stereocenters. The maximum absolute atomic E-state index is 12.2. The summed E-state index contributed by atoms with van der Waals surface area (Å²) in [5.74, 6) is 0.433. The molecular formula is C15H11BrN2O2. The molecule has 0 radical (unpaired) electrons. The van der Waals surface area contributed by atoms with E-state index in [-0.39, 0.29) is 5.91 Å². The third-order valence-electron chi connectivity index (χ3n) is 2.87. The number of rotatable bonds is 2. The average molecular weight is 331 g/mol. The van der Waals surface area contributed by atoms with Crippen molar-refractivity contribution in [3.63, 3.8) is 0 Å².